The number of benzene rings is 1. The Morgan fingerprint density at radius 1 is 1.12 bits per heavy atom. The highest BCUT2D eigenvalue weighted by Crippen LogP contribution is 2.39. The van der Waals surface area contributed by atoms with E-state index >= 15 is 0 Å². The molecule has 9 nitrogen and oxygen atoms in total. The van der Waals surface area contributed by atoms with E-state index in [1.54, 1.807) is 61.9 Å². The number of amides is 1. The average Bonchev–Trinajstić information content (AvgIpc) is 3.76. The second-order valence-corrected chi connectivity index (χ2v) is 11.1. The smallest absolute Gasteiger partial charge is 0.338 e. The van der Waals surface area contributed by atoms with Gasteiger partial charge in [-0.15, -0.1) is 11.3 Å². The molecule has 4 aromatic heterocycles. The predicted molar refractivity (Wildman–Crippen MR) is 153 cm³/mol. The molecule has 0 radical (unpaired) electrons. The fraction of sp³-hybridized carbons (Fsp3) is 0.258. The van der Waals surface area contributed by atoms with Gasteiger partial charge in [-0.1, -0.05) is 13.8 Å². The van der Waals surface area contributed by atoms with Gasteiger partial charge in [-0.3, -0.25) is 4.79 Å². The fourth-order valence-corrected chi connectivity index (χ4v) is 6.38. The SMILES string of the molecule is CCC(OC(=O)c1ccc2nc(-c3ccco3)c(-c3ccco3)nc2c1)C(=O)Nc1sc2c(c1C#N)CCC(C)C2. The number of aromatic nitrogens is 2. The number of thiophene rings is 1. The summed E-state index contributed by atoms with van der Waals surface area (Å²) in [4.78, 5) is 36.9. The second-order valence-electron chi connectivity index (χ2n) is 10.0. The van der Waals surface area contributed by atoms with Crippen molar-refractivity contribution in [2.45, 2.75) is 45.6 Å². The molecule has 0 fully saturated rings. The minimum atomic E-state index is -1.03. The van der Waals surface area contributed by atoms with Gasteiger partial charge in [0.25, 0.3) is 5.91 Å². The number of hydrogen-bond acceptors (Lipinski definition) is 9. The van der Waals surface area contributed by atoms with Crippen molar-refractivity contribution < 1.29 is 23.2 Å². The number of carbonyl (C=O) groups is 2. The maximum atomic E-state index is 13.2. The maximum Gasteiger partial charge on any atom is 0.338 e. The lowest BCUT2D eigenvalue weighted by Crippen LogP contribution is -2.32. The molecule has 1 N–H and O–H groups in total. The molecule has 1 aromatic carbocycles. The topological polar surface area (TPSA) is 131 Å². The van der Waals surface area contributed by atoms with Crippen LogP contribution in [0.5, 0.6) is 0 Å². The van der Waals surface area contributed by atoms with Gasteiger partial charge in [-0.2, -0.15) is 5.26 Å². The molecule has 1 aliphatic carbocycles. The number of nitrogens with one attached hydrogen (secondary N) is 1. The van der Waals surface area contributed by atoms with Crippen LogP contribution in [-0.4, -0.2) is 27.9 Å². The molecular formula is C31H26N4O5S. The Kier molecular flexibility index (Phi) is 7.12. The van der Waals surface area contributed by atoms with Gasteiger partial charge in [0, 0.05) is 4.88 Å². The summed E-state index contributed by atoms with van der Waals surface area (Å²) in [7, 11) is 0. The Bertz CT molecular complexity index is 1780. The Labute approximate surface area is 239 Å². The first-order valence-corrected chi connectivity index (χ1v) is 14.2. The number of carbonyl (C=O) groups excluding carboxylic acids is 2. The first-order valence-electron chi connectivity index (χ1n) is 13.4. The van der Waals surface area contributed by atoms with Gasteiger partial charge < -0.3 is 18.9 Å². The zero-order valence-corrected chi connectivity index (χ0v) is 23.3. The van der Waals surface area contributed by atoms with Gasteiger partial charge in [0.1, 0.15) is 22.5 Å². The van der Waals surface area contributed by atoms with Crippen LogP contribution in [0.3, 0.4) is 0 Å². The molecule has 10 heteroatoms. The number of esters is 1. The van der Waals surface area contributed by atoms with E-state index in [-0.39, 0.29) is 12.0 Å². The van der Waals surface area contributed by atoms with Gasteiger partial charge >= 0.3 is 5.97 Å². The van der Waals surface area contributed by atoms with Crippen molar-refractivity contribution in [2.75, 3.05) is 5.32 Å². The molecule has 0 bridgehead atoms. The van der Waals surface area contributed by atoms with E-state index in [1.165, 1.54) is 11.3 Å². The molecule has 2 atom stereocenters. The summed E-state index contributed by atoms with van der Waals surface area (Å²) in [6, 6.07) is 14.2. The second kappa shape index (κ2) is 11.0. The zero-order chi connectivity index (χ0) is 28.5. The van der Waals surface area contributed by atoms with Crippen LogP contribution in [0.25, 0.3) is 33.9 Å². The molecule has 1 aliphatic rings. The van der Waals surface area contributed by atoms with E-state index in [0.717, 1.165) is 29.7 Å². The lowest BCUT2D eigenvalue weighted by Gasteiger charge is -2.17. The van der Waals surface area contributed by atoms with E-state index in [1.807, 2.05) is 0 Å². The fourth-order valence-electron chi connectivity index (χ4n) is 5.02. The molecule has 206 valence electrons. The Hall–Kier alpha value is -4.75. The summed E-state index contributed by atoms with van der Waals surface area (Å²) in [5.74, 6) is 0.451. The van der Waals surface area contributed by atoms with Crippen LogP contribution in [0.4, 0.5) is 5.00 Å². The first-order chi connectivity index (χ1) is 19.9. The minimum absolute atomic E-state index is 0.229. The van der Waals surface area contributed by atoms with Crippen molar-refractivity contribution in [2.24, 2.45) is 5.92 Å². The molecule has 6 rings (SSSR count). The molecule has 0 saturated heterocycles. The maximum absolute atomic E-state index is 13.2. The van der Waals surface area contributed by atoms with Gasteiger partial charge in [0.2, 0.25) is 0 Å². The molecular weight excluding hydrogens is 540 g/mol. The number of fused-ring (bicyclic) bond motifs is 2. The number of nitrogens with zero attached hydrogens (tertiary/aromatic N) is 3. The van der Waals surface area contributed by atoms with Crippen molar-refractivity contribution in [3.05, 3.63) is 76.6 Å². The molecule has 5 aromatic rings. The molecule has 2 unspecified atom stereocenters. The summed E-state index contributed by atoms with van der Waals surface area (Å²) >= 11 is 1.44. The number of anilines is 1. The summed E-state index contributed by atoms with van der Waals surface area (Å²) in [5, 5.41) is 13.1. The Morgan fingerprint density at radius 3 is 2.46 bits per heavy atom. The van der Waals surface area contributed by atoms with Crippen molar-refractivity contribution in [3.8, 4) is 29.0 Å². The first kappa shape index (κ1) is 26.5. The standard InChI is InChI=1S/C31H26N4O5S/c1-3-23(29(36)35-30-20(16-32)19-10-8-17(2)14-26(19)41-30)40-31(37)18-9-11-21-22(15-18)34-28(25-7-5-13-39-25)27(33-21)24-6-4-12-38-24/h4-7,9,11-13,15,17,23H,3,8,10,14H2,1-2H3,(H,35,36). The average molecular weight is 567 g/mol. The van der Waals surface area contributed by atoms with Gasteiger partial charge in [-0.25, -0.2) is 14.8 Å². The zero-order valence-electron chi connectivity index (χ0n) is 22.5. The summed E-state index contributed by atoms with van der Waals surface area (Å²) in [6.07, 6.45) is 5.07. The molecule has 41 heavy (non-hydrogen) atoms. The van der Waals surface area contributed by atoms with Crippen LogP contribution in [-0.2, 0) is 22.4 Å². The third kappa shape index (κ3) is 5.12. The van der Waals surface area contributed by atoms with Gasteiger partial charge in [-0.05, 0) is 79.6 Å². The molecule has 0 spiro atoms. The Balaban J connectivity index is 1.24. The van der Waals surface area contributed by atoms with Crippen LogP contribution < -0.4 is 5.32 Å². The summed E-state index contributed by atoms with van der Waals surface area (Å²) in [5.41, 5.74) is 3.75. The molecule has 4 heterocycles. The number of nitriles is 1. The monoisotopic (exact) mass is 566 g/mol. The highest BCUT2D eigenvalue weighted by atomic mass is 32.1. The normalized spacial score (nSPS) is 15.2. The minimum Gasteiger partial charge on any atom is -0.463 e. The van der Waals surface area contributed by atoms with Crippen molar-refractivity contribution >= 4 is 39.2 Å². The number of hydrogen-bond donors (Lipinski definition) is 1. The largest absolute Gasteiger partial charge is 0.463 e. The van der Waals surface area contributed by atoms with E-state index < -0.39 is 18.0 Å². The van der Waals surface area contributed by atoms with Crippen LogP contribution in [0.1, 0.15) is 53.1 Å². The third-order valence-corrected chi connectivity index (χ3v) is 8.35. The third-order valence-electron chi connectivity index (χ3n) is 7.18. The van der Waals surface area contributed by atoms with Crippen LogP contribution in [0.15, 0.2) is 63.8 Å². The van der Waals surface area contributed by atoms with E-state index in [2.05, 4.69) is 18.3 Å². The highest BCUT2D eigenvalue weighted by Gasteiger charge is 2.28. The summed E-state index contributed by atoms with van der Waals surface area (Å²) in [6.45, 7) is 3.95. The quantitative estimate of drug-likeness (QED) is 0.213. The molecule has 1 amide bonds. The molecule has 0 aliphatic heterocycles. The predicted octanol–water partition coefficient (Wildman–Crippen LogP) is 6.78. The van der Waals surface area contributed by atoms with E-state index in [4.69, 9.17) is 23.5 Å². The van der Waals surface area contributed by atoms with E-state index in [9.17, 15) is 14.9 Å². The van der Waals surface area contributed by atoms with Crippen molar-refractivity contribution in [1.82, 2.24) is 9.97 Å². The van der Waals surface area contributed by atoms with Crippen LogP contribution in [0.2, 0.25) is 0 Å². The van der Waals surface area contributed by atoms with Crippen molar-refractivity contribution in [3.63, 3.8) is 0 Å². The lowest BCUT2D eigenvalue weighted by atomic mass is 9.88. The van der Waals surface area contributed by atoms with Crippen LogP contribution in [0, 0.1) is 17.2 Å². The Morgan fingerprint density at radius 2 is 1.83 bits per heavy atom. The number of furan rings is 2. The van der Waals surface area contributed by atoms with E-state index in [0.29, 0.717) is 50.4 Å². The van der Waals surface area contributed by atoms with Crippen LogP contribution >= 0.6 is 11.3 Å². The number of ether oxygens (including phenoxy) is 1. The lowest BCUT2D eigenvalue weighted by molar-refractivity contribution is -0.124. The molecule has 0 saturated carbocycles. The number of rotatable bonds is 7. The highest BCUT2D eigenvalue weighted by molar-refractivity contribution is 7.16. The van der Waals surface area contributed by atoms with Crippen molar-refractivity contribution in [1.29, 1.82) is 5.26 Å². The summed E-state index contributed by atoms with van der Waals surface area (Å²) < 4.78 is 16.8. The van der Waals surface area contributed by atoms with Gasteiger partial charge in [0.15, 0.2) is 17.6 Å². The van der Waals surface area contributed by atoms with Gasteiger partial charge in [0.05, 0.1) is 34.7 Å².